The Balaban J connectivity index is 2.28. The third-order valence-corrected chi connectivity index (χ3v) is 5.09. The number of amides is 1. The van der Waals surface area contributed by atoms with Gasteiger partial charge < -0.3 is 10.0 Å². The average molecular weight is 312 g/mol. The van der Waals surface area contributed by atoms with Crippen molar-refractivity contribution in [2.24, 2.45) is 0 Å². The van der Waals surface area contributed by atoms with Crippen LogP contribution in [-0.4, -0.2) is 59.4 Å². The molecule has 114 valence electrons. The number of aliphatic carboxylic acids is 1. The number of nitrogens with zero attached hydrogens (tertiary/aromatic N) is 2. The summed E-state index contributed by atoms with van der Waals surface area (Å²) in [5.74, 6) is -1.89. The summed E-state index contributed by atoms with van der Waals surface area (Å²) in [4.78, 5) is 28.5. The van der Waals surface area contributed by atoms with E-state index in [1.165, 1.54) is 6.20 Å². The fourth-order valence-electron chi connectivity index (χ4n) is 2.37. The molecule has 1 aromatic rings. The molecule has 1 aliphatic heterocycles. The number of aryl methyl sites for hydroxylation is 1. The van der Waals surface area contributed by atoms with E-state index >= 15 is 0 Å². The number of aromatic nitrogens is 1. The molecule has 0 aliphatic carbocycles. The molecule has 2 heterocycles. The highest BCUT2D eigenvalue weighted by Gasteiger charge is 2.36. The number of carbonyl (C=O) groups is 2. The van der Waals surface area contributed by atoms with Crippen molar-refractivity contribution in [3.63, 3.8) is 0 Å². The molecule has 0 radical (unpaired) electrons. The predicted octanol–water partition coefficient (Wildman–Crippen LogP) is 0.104. The normalized spacial score (nSPS) is 20.1. The van der Waals surface area contributed by atoms with Gasteiger partial charge in [-0.25, -0.2) is 8.42 Å². The highest BCUT2D eigenvalue weighted by Crippen LogP contribution is 2.20. The third kappa shape index (κ3) is 3.78. The van der Waals surface area contributed by atoms with Gasteiger partial charge in [-0.1, -0.05) is 0 Å². The molecule has 21 heavy (non-hydrogen) atoms. The molecule has 2 rings (SSSR count). The van der Waals surface area contributed by atoms with Crippen LogP contribution in [0.3, 0.4) is 0 Å². The summed E-state index contributed by atoms with van der Waals surface area (Å²) in [5, 5.41) is 8.97. The van der Waals surface area contributed by atoms with E-state index in [1.807, 2.05) is 0 Å². The second-order valence-electron chi connectivity index (χ2n) is 5.13. The predicted molar refractivity (Wildman–Crippen MR) is 74.7 cm³/mol. The zero-order valence-electron chi connectivity index (χ0n) is 11.5. The molecule has 1 atom stereocenters. The van der Waals surface area contributed by atoms with Gasteiger partial charge in [-0.2, -0.15) is 0 Å². The molecule has 8 heteroatoms. The zero-order valence-corrected chi connectivity index (χ0v) is 12.3. The molecule has 1 saturated heterocycles. The smallest absolute Gasteiger partial charge is 0.323 e. The van der Waals surface area contributed by atoms with Gasteiger partial charge in [0, 0.05) is 18.4 Å². The Morgan fingerprint density at radius 1 is 1.43 bits per heavy atom. The minimum atomic E-state index is -3.20. The van der Waals surface area contributed by atoms with E-state index in [0.717, 1.165) is 10.5 Å². The van der Waals surface area contributed by atoms with Gasteiger partial charge in [-0.3, -0.25) is 14.6 Å². The van der Waals surface area contributed by atoms with E-state index < -0.39 is 34.3 Å². The van der Waals surface area contributed by atoms with Crippen LogP contribution in [0.5, 0.6) is 0 Å². The number of carboxylic acids is 1. The minimum absolute atomic E-state index is 0.0207. The van der Waals surface area contributed by atoms with E-state index in [1.54, 1.807) is 19.2 Å². The van der Waals surface area contributed by atoms with Gasteiger partial charge in [-0.05, 0) is 25.0 Å². The Kier molecular flexibility index (Phi) is 4.26. The van der Waals surface area contributed by atoms with Gasteiger partial charge in [0.15, 0.2) is 9.84 Å². The van der Waals surface area contributed by atoms with E-state index in [2.05, 4.69) is 4.98 Å². The molecule has 1 unspecified atom stereocenters. The molecule has 1 aliphatic rings. The van der Waals surface area contributed by atoms with Crippen molar-refractivity contribution in [1.82, 2.24) is 9.88 Å². The molecular weight excluding hydrogens is 296 g/mol. The van der Waals surface area contributed by atoms with Gasteiger partial charge in [0.2, 0.25) is 0 Å². The Labute approximate surface area is 122 Å². The summed E-state index contributed by atoms with van der Waals surface area (Å²) in [5.41, 5.74) is 1.04. The van der Waals surface area contributed by atoms with Gasteiger partial charge in [0.25, 0.3) is 5.91 Å². The Hall–Kier alpha value is -1.96. The van der Waals surface area contributed by atoms with Crippen LogP contribution < -0.4 is 0 Å². The molecule has 7 nitrogen and oxygen atoms in total. The number of rotatable bonds is 4. The fraction of sp³-hybridized carbons (Fsp3) is 0.462. The van der Waals surface area contributed by atoms with Crippen molar-refractivity contribution in [2.45, 2.75) is 19.4 Å². The summed E-state index contributed by atoms with van der Waals surface area (Å²) in [7, 11) is -3.20. The van der Waals surface area contributed by atoms with Crippen molar-refractivity contribution in [3.05, 3.63) is 29.6 Å². The second kappa shape index (κ2) is 5.80. The Morgan fingerprint density at radius 2 is 2.14 bits per heavy atom. The lowest BCUT2D eigenvalue weighted by Crippen LogP contribution is -2.44. The first-order valence-electron chi connectivity index (χ1n) is 6.43. The summed E-state index contributed by atoms with van der Waals surface area (Å²) in [6.45, 7) is 1.25. The monoisotopic (exact) mass is 312 g/mol. The molecule has 0 spiro atoms. The number of sulfone groups is 1. The van der Waals surface area contributed by atoms with Crippen LogP contribution in [0.1, 0.15) is 22.3 Å². The second-order valence-corrected chi connectivity index (χ2v) is 7.36. The van der Waals surface area contributed by atoms with Crippen molar-refractivity contribution in [2.75, 3.05) is 18.1 Å². The summed E-state index contributed by atoms with van der Waals surface area (Å²) >= 11 is 0. The standard InChI is InChI=1S/C13H16N2O5S/c1-9-4-10(6-14-5-9)13(18)15(7-12(16)17)11-2-3-21(19,20)8-11/h4-6,11H,2-3,7-8H2,1H3,(H,16,17). The van der Waals surface area contributed by atoms with Crippen LogP contribution in [0, 0.1) is 6.92 Å². The van der Waals surface area contributed by atoms with Crippen LogP contribution in [0.25, 0.3) is 0 Å². The number of hydrogen-bond donors (Lipinski definition) is 1. The van der Waals surface area contributed by atoms with Gasteiger partial charge >= 0.3 is 5.97 Å². The third-order valence-electron chi connectivity index (χ3n) is 3.34. The van der Waals surface area contributed by atoms with E-state index in [4.69, 9.17) is 5.11 Å². The molecule has 1 amide bonds. The van der Waals surface area contributed by atoms with E-state index in [-0.39, 0.29) is 23.5 Å². The first-order valence-corrected chi connectivity index (χ1v) is 8.25. The minimum Gasteiger partial charge on any atom is -0.480 e. The quantitative estimate of drug-likeness (QED) is 0.845. The van der Waals surface area contributed by atoms with E-state index in [0.29, 0.717) is 0 Å². The molecule has 0 aromatic carbocycles. The SMILES string of the molecule is Cc1cncc(C(=O)N(CC(=O)O)C2CCS(=O)(=O)C2)c1. The van der Waals surface area contributed by atoms with E-state index in [9.17, 15) is 18.0 Å². The van der Waals surface area contributed by atoms with Crippen LogP contribution >= 0.6 is 0 Å². The Morgan fingerprint density at radius 3 is 2.67 bits per heavy atom. The highest BCUT2D eigenvalue weighted by atomic mass is 32.2. The zero-order chi connectivity index (χ0) is 15.6. The molecule has 1 fully saturated rings. The first-order chi connectivity index (χ1) is 9.78. The Bertz CT molecular complexity index is 671. The summed E-state index contributed by atoms with van der Waals surface area (Å²) < 4.78 is 23.1. The van der Waals surface area contributed by atoms with Crippen molar-refractivity contribution >= 4 is 21.7 Å². The number of carboxylic acid groups (broad SMARTS) is 1. The molecule has 1 N–H and O–H groups in total. The first kappa shape index (κ1) is 15.4. The highest BCUT2D eigenvalue weighted by molar-refractivity contribution is 7.91. The molecule has 0 bridgehead atoms. The maximum atomic E-state index is 12.5. The van der Waals surface area contributed by atoms with Crippen LogP contribution in [-0.2, 0) is 14.6 Å². The van der Waals surface area contributed by atoms with Gasteiger partial charge in [0.1, 0.15) is 6.54 Å². The summed E-state index contributed by atoms with van der Waals surface area (Å²) in [6.07, 6.45) is 3.20. The lowest BCUT2D eigenvalue weighted by atomic mass is 10.1. The fourth-order valence-corrected chi connectivity index (χ4v) is 4.10. The molecular formula is C13H16N2O5S. The number of hydrogen-bond acceptors (Lipinski definition) is 5. The van der Waals surface area contributed by atoms with Crippen LogP contribution in [0.15, 0.2) is 18.5 Å². The number of pyridine rings is 1. The van der Waals surface area contributed by atoms with Crippen molar-refractivity contribution in [1.29, 1.82) is 0 Å². The average Bonchev–Trinajstić information content (AvgIpc) is 2.75. The largest absolute Gasteiger partial charge is 0.480 e. The topological polar surface area (TPSA) is 105 Å². The van der Waals surface area contributed by atoms with Crippen molar-refractivity contribution < 1.29 is 23.1 Å². The van der Waals surface area contributed by atoms with Gasteiger partial charge in [-0.15, -0.1) is 0 Å². The van der Waals surface area contributed by atoms with Crippen LogP contribution in [0.2, 0.25) is 0 Å². The van der Waals surface area contributed by atoms with Crippen LogP contribution in [0.4, 0.5) is 0 Å². The lowest BCUT2D eigenvalue weighted by Gasteiger charge is -2.26. The van der Waals surface area contributed by atoms with Crippen molar-refractivity contribution in [3.8, 4) is 0 Å². The summed E-state index contributed by atoms with van der Waals surface area (Å²) in [6, 6.07) is 1.01. The maximum Gasteiger partial charge on any atom is 0.323 e. The lowest BCUT2D eigenvalue weighted by molar-refractivity contribution is -0.138. The molecule has 0 saturated carbocycles. The van der Waals surface area contributed by atoms with Gasteiger partial charge in [0.05, 0.1) is 17.1 Å². The molecule has 1 aromatic heterocycles. The number of carbonyl (C=O) groups excluding carboxylic acids is 1. The maximum absolute atomic E-state index is 12.5.